The molecule has 0 aromatic carbocycles. The molecule has 0 spiro atoms. The van der Waals surface area contributed by atoms with Crippen LogP contribution in [0.5, 0.6) is 0 Å². The van der Waals surface area contributed by atoms with Crippen LogP contribution in [0.15, 0.2) is 23.3 Å². The average Bonchev–Trinajstić information content (AvgIpc) is 2.15. The number of fused-ring (bicyclic) bond motifs is 1. The van der Waals surface area contributed by atoms with Crippen LogP contribution in [-0.4, -0.2) is 13.1 Å². The molecule has 2 rings (SSSR count). The minimum atomic E-state index is 1.10. The van der Waals surface area contributed by atoms with Crippen molar-refractivity contribution in [3.63, 3.8) is 0 Å². The Morgan fingerprint density at radius 1 is 1.12 bits per heavy atom. The fourth-order valence-corrected chi connectivity index (χ4v) is 1.31. The van der Waals surface area contributed by atoms with Gasteiger partial charge < -0.3 is 5.32 Å². The molecule has 0 unspecified atom stereocenters. The van der Waals surface area contributed by atoms with Crippen LogP contribution < -0.4 is 5.32 Å². The zero-order valence-electron chi connectivity index (χ0n) is 4.78. The highest BCUT2D eigenvalue weighted by atomic mass is 14.9. The minimum absolute atomic E-state index is 1.10. The van der Waals surface area contributed by atoms with Gasteiger partial charge in [-0.25, -0.2) is 0 Å². The van der Waals surface area contributed by atoms with Gasteiger partial charge in [0.05, 0.1) is 0 Å². The maximum Gasteiger partial charge on any atom is 0.0208 e. The van der Waals surface area contributed by atoms with Crippen LogP contribution in [0.4, 0.5) is 0 Å². The summed E-state index contributed by atoms with van der Waals surface area (Å²) >= 11 is 0. The fraction of sp³-hybridized carbons (Fsp3) is 0.429. The third-order valence-corrected chi connectivity index (χ3v) is 1.77. The predicted molar refractivity (Wildman–Crippen MR) is 33.7 cm³/mol. The largest absolute Gasteiger partial charge is 0.309 e. The van der Waals surface area contributed by atoms with E-state index in [0.29, 0.717) is 0 Å². The first-order chi connectivity index (χ1) is 3.97. The highest BCUT2D eigenvalue weighted by molar-refractivity contribution is 5.42. The Morgan fingerprint density at radius 3 is 2.38 bits per heavy atom. The number of hydrogen-bond acceptors (Lipinski definition) is 1. The number of nitrogens with one attached hydrogen (secondary N) is 1. The van der Waals surface area contributed by atoms with Crippen LogP contribution in [0.1, 0.15) is 6.42 Å². The molecule has 0 amide bonds. The van der Waals surface area contributed by atoms with Gasteiger partial charge in [-0.1, -0.05) is 12.2 Å². The number of rotatable bonds is 0. The Bertz CT molecular complexity index is 147. The molecule has 0 atom stereocenters. The lowest BCUT2D eigenvalue weighted by Gasteiger charge is -1.85. The van der Waals surface area contributed by atoms with Crippen LogP contribution in [0.25, 0.3) is 0 Å². The Hall–Kier alpha value is -0.560. The van der Waals surface area contributed by atoms with E-state index in [-0.39, 0.29) is 0 Å². The summed E-state index contributed by atoms with van der Waals surface area (Å²) in [6, 6.07) is 0. The van der Waals surface area contributed by atoms with Gasteiger partial charge in [-0.05, 0) is 17.6 Å². The monoisotopic (exact) mass is 107 g/mol. The molecule has 42 valence electrons. The molecule has 0 bridgehead atoms. The van der Waals surface area contributed by atoms with Gasteiger partial charge in [0.15, 0.2) is 0 Å². The number of allylic oxidation sites excluding steroid dienone is 2. The third-order valence-electron chi connectivity index (χ3n) is 1.77. The summed E-state index contributed by atoms with van der Waals surface area (Å²) in [6.07, 6.45) is 5.77. The van der Waals surface area contributed by atoms with E-state index in [1.807, 2.05) is 0 Å². The van der Waals surface area contributed by atoms with Crippen LogP contribution in [-0.2, 0) is 0 Å². The Morgan fingerprint density at radius 2 is 1.75 bits per heavy atom. The minimum Gasteiger partial charge on any atom is -0.309 e. The van der Waals surface area contributed by atoms with Crippen molar-refractivity contribution in [1.82, 2.24) is 5.32 Å². The Labute approximate surface area is 49.1 Å². The van der Waals surface area contributed by atoms with Crippen molar-refractivity contribution in [3.05, 3.63) is 23.3 Å². The molecule has 1 heteroatoms. The lowest BCUT2D eigenvalue weighted by Crippen LogP contribution is -2.05. The molecule has 1 aliphatic heterocycles. The van der Waals surface area contributed by atoms with Crippen molar-refractivity contribution >= 4 is 0 Å². The van der Waals surface area contributed by atoms with E-state index < -0.39 is 0 Å². The van der Waals surface area contributed by atoms with Gasteiger partial charge >= 0.3 is 0 Å². The topological polar surface area (TPSA) is 12.0 Å². The van der Waals surface area contributed by atoms with E-state index in [1.54, 1.807) is 0 Å². The fourth-order valence-electron chi connectivity index (χ4n) is 1.31. The van der Waals surface area contributed by atoms with Crippen LogP contribution >= 0.6 is 0 Å². The zero-order chi connectivity index (χ0) is 5.40. The highest BCUT2D eigenvalue weighted by Gasteiger charge is 2.14. The maximum atomic E-state index is 3.29. The SMILES string of the molecule is C1=C2CNCC2=CC1. The van der Waals surface area contributed by atoms with Crippen LogP contribution in [0.2, 0.25) is 0 Å². The standard InChI is InChI=1S/C7H9N/c1-2-6-4-8-5-7(6)3-1/h2-3,8H,1,4-5H2. The van der Waals surface area contributed by atoms with E-state index in [0.717, 1.165) is 13.1 Å². The smallest absolute Gasteiger partial charge is 0.0208 e. The molecular weight excluding hydrogens is 98.1 g/mol. The summed E-state index contributed by atoms with van der Waals surface area (Å²) in [6.45, 7) is 2.21. The van der Waals surface area contributed by atoms with E-state index in [1.165, 1.54) is 17.6 Å². The van der Waals surface area contributed by atoms with Crippen molar-refractivity contribution in [2.45, 2.75) is 6.42 Å². The van der Waals surface area contributed by atoms with Crippen molar-refractivity contribution in [2.75, 3.05) is 13.1 Å². The van der Waals surface area contributed by atoms with Gasteiger partial charge in [-0.3, -0.25) is 0 Å². The quantitative estimate of drug-likeness (QED) is 0.484. The molecular formula is C7H9N. The second kappa shape index (κ2) is 1.46. The molecule has 0 saturated carbocycles. The molecule has 0 aromatic rings. The summed E-state index contributed by atoms with van der Waals surface area (Å²) in [5, 5.41) is 3.29. The molecule has 1 saturated heterocycles. The summed E-state index contributed by atoms with van der Waals surface area (Å²) in [4.78, 5) is 0. The molecule has 1 nitrogen and oxygen atoms in total. The first-order valence-electron chi connectivity index (χ1n) is 3.06. The second-order valence-electron chi connectivity index (χ2n) is 2.30. The normalized spacial score (nSPS) is 25.0. The van der Waals surface area contributed by atoms with E-state index in [9.17, 15) is 0 Å². The van der Waals surface area contributed by atoms with Gasteiger partial charge in [0.2, 0.25) is 0 Å². The first-order valence-corrected chi connectivity index (χ1v) is 3.06. The highest BCUT2D eigenvalue weighted by Crippen LogP contribution is 2.21. The van der Waals surface area contributed by atoms with E-state index in [2.05, 4.69) is 17.5 Å². The molecule has 2 aliphatic rings. The molecule has 0 radical (unpaired) electrons. The van der Waals surface area contributed by atoms with E-state index >= 15 is 0 Å². The second-order valence-corrected chi connectivity index (χ2v) is 2.30. The Kier molecular flexibility index (Phi) is 0.788. The lowest BCUT2D eigenvalue weighted by atomic mass is 10.2. The van der Waals surface area contributed by atoms with Gasteiger partial charge in [0, 0.05) is 13.1 Å². The summed E-state index contributed by atoms with van der Waals surface area (Å²) in [7, 11) is 0. The third kappa shape index (κ3) is 0.450. The van der Waals surface area contributed by atoms with Gasteiger partial charge in [0.1, 0.15) is 0 Å². The summed E-state index contributed by atoms with van der Waals surface area (Å²) in [5.41, 5.74) is 3.06. The summed E-state index contributed by atoms with van der Waals surface area (Å²) < 4.78 is 0. The van der Waals surface area contributed by atoms with Gasteiger partial charge in [-0.2, -0.15) is 0 Å². The van der Waals surface area contributed by atoms with Crippen LogP contribution in [0, 0.1) is 0 Å². The van der Waals surface area contributed by atoms with Crippen molar-refractivity contribution in [2.24, 2.45) is 0 Å². The van der Waals surface area contributed by atoms with Crippen molar-refractivity contribution in [1.29, 1.82) is 0 Å². The van der Waals surface area contributed by atoms with E-state index in [4.69, 9.17) is 0 Å². The van der Waals surface area contributed by atoms with Crippen molar-refractivity contribution in [3.8, 4) is 0 Å². The number of hydrogen-bond donors (Lipinski definition) is 1. The average molecular weight is 107 g/mol. The lowest BCUT2D eigenvalue weighted by molar-refractivity contribution is 0.890. The van der Waals surface area contributed by atoms with Gasteiger partial charge in [-0.15, -0.1) is 0 Å². The predicted octanol–water partition coefficient (Wildman–Crippen LogP) is 0.846. The molecule has 0 aromatic heterocycles. The maximum absolute atomic E-state index is 3.29. The molecule has 8 heavy (non-hydrogen) atoms. The molecule has 1 aliphatic carbocycles. The van der Waals surface area contributed by atoms with Crippen LogP contribution in [0.3, 0.4) is 0 Å². The molecule has 1 N–H and O–H groups in total. The first kappa shape index (κ1) is 4.33. The summed E-state index contributed by atoms with van der Waals surface area (Å²) in [5.74, 6) is 0. The molecule has 1 fully saturated rings. The molecule has 1 heterocycles. The zero-order valence-corrected chi connectivity index (χ0v) is 4.78. The Balaban J connectivity index is 2.37. The van der Waals surface area contributed by atoms with Crippen molar-refractivity contribution < 1.29 is 0 Å². The van der Waals surface area contributed by atoms with Gasteiger partial charge in [0.25, 0.3) is 0 Å².